The third-order valence-electron chi connectivity index (χ3n) is 6.01. The molecule has 238 valence electrons. The summed E-state index contributed by atoms with van der Waals surface area (Å²) in [6.07, 6.45) is 0. The summed E-state index contributed by atoms with van der Waals surface area (Å²) in [4.78, 5) is 70.0. The van der Waals surface area contributed by atoms with Crippen LogP contribution in [0.2, 0.25) is 0 Å². The van der Waals surface area contributed by atoms with Gasteiger partial charge in [0.15, 0.2) is 21.1 Å². The van der Waals surface area contributed by atoms with E-state index in [1.807, 2.05) is 0 Å². The molecule has 1 saturated heterocycles. The summed E-state index contributed by atoms with van der Waals surface area (Å²) in [7, 11) is -5.15. The molecular formula is C24H26ClN6NaO11S2. The van der Waals surface area contributed by atoms with Crippen molar-refractivity contribution in [3.8, 4) is 0 Å². The number of hydrogen-bond acceptors (Lipinski definition) is 14. The number of nitro benzene ring substituents is 1. The first-order chi connectivity index (χ1) is 20.5. The van der Waals surface area contributed by atoms with Gasteiger partial charge in [0, 0.05) is 17.5 Å². The van der Waals surface area contributed by atoms with Gasteiger partial charge in [0.05, 0.1) is 11.0 Å². The molecular weight excluding hydrogens is 671 g/mol. The fraction of sp³-hybridized carbons (Fsp3) is 0.417. The molecule has 17 nitrogen and oxygen atoms in total. The predicted molar refractivity (Wildman–Crippen MR) is 153 cm³/mol. The quantitative estimate of drug-likeness (QED) is 0.0348. The van der Waals surface area contributed by atoms with Crippen molar-refractivity contribution >= 4 is 73.5 Å². The summed E-state index contributed by atoms with van der Waals surface area (Å²) >= 11 is 6.38. The average molecular weight is 697 g/mol. The maximum atomic E-state index is 13.3. The first-order valence-electron chi connectivity index (χ1n) is 12.5. The molecule has 1 aliphatic rings. The summed E-state index contributed by atoms with van der Waals surface area (Å²) in [6.45, 7) is 5.38. The van der Waals surface area contributed by atoms with E-state index in [1.165, 1.54) is 43.5 Å². The number of benzene rings is 1. The number of halogens is 1. The predicted octanol–water partition coefficient (Wildman–Crippen LogP) is -1.71. The Morgan fingerprint density at radius 2 is 1.87 bits per heavy atom. The van der Waals surface area contributed by atoms with Gasteiger partial charge < -0.3 is 24.8 Å². The zero-order valence-corrected chi connectivity index (χ0v) is 28.9. The van der Waals surface area contributed by atoms with Crippen molar-refractivity contribution in [1.82, 2.24) is 14.6 Å². The number of nitro groups is 1. The number of nitrogens with zero attached hydrogens (tertiary/aromatic N) is 4. The van der Waals surface area contributed by atoms with Crippen molar-refractivity contribution in [2.75, 3.05) is 11.2 Å². The van der Waals surface area contributed by atoms with Crippen molar-refractivity contribution < 1.29 is 76.2 Å². The number of thiazole rings is 1. The fourth-order valence-corrected chi connectivity index (χ4v) is 5.56. The van der Waals surface area contributed by atoms with E-state index >= 15 is 0 Å². The number of non-ortho nitro benzene ring substituents is 1. The zero-order chi connectivity index (χ0) is 33.0. The summed E-state index contributed by atoms with van der Waals surface area (Å²) in [6, 6.07) is 2.67. The third-order valence-corrected chi connectivity index (χ3v) is 7.92. The molecule has 3 rings (SSSR count). The van der Waals surface area contributed by atoms with Gasteiger partial charge in [-0.25, -0.2) is 22.5 Å². The van der Waals surface area contributed by atoms with Crippen LogP contribution < -0.4 is 40.2 Å². The van der Waals surface area contributed by atoms with Crippen LogP contribution in [-0.2, 0) is 45.7 Å². The molecule has 21 heteroatoms. The molecule has 1 aliphatic heterocycles. The van der Waals surface area contributed by atoms with Gasteiger partial charge in [-0.3, -0.25) is 24.5 Å². The van der Waals surface area contributed by atoms with Gasteiger partial charge in [-0.1, -0.05) is 19.0 Å². The number of esters is 1. The maximum Gasteiger partial charge on any atom is 1.00 e. The van der Waals surface area contributed by atoms with Crippen molar-refractivity contribution in [3.63, 3.8) is 0 Å². The molecule has 2 aromatic rings. The third kappa shape index (κ3) is 9.41. The molecule has 0 saturated carbocycles. The van der Waals surface area contributed by atoms with E-state index in [9.17, 15) is 42.3 Å². The number of hydrogen-bond donors (Lipinski definition) is 2. The summed E-state index contributed by atoms with van der Waals surface area (Å²) in [5, 5.41) is 20.7. The Morgan fingerprint density at radius 3 is 2.40 bits per heavy atom. The molecule has 0 radical (unpaired) electrons. The molecule has 3 amide bonds. The number of aromatic nitrogens is 1. The summed E-state index contributed by atoms with van der Waals surface area (Å²) < 4.78 is 40.1. The van der Waals surface area contributed by atoms with Crippen molar-refractivity contribution in [2.24, 2.45) is 11.1 Å². The van der Waals surface area contributed by atoms with Gasteiger partial charge in [-0.05, 0) is 37.5 Å². The minimum atomic E-state index is -5.15. The molecule has 2 unspecified atom stereocenters. The van der Waals surface area contributed by atoms with Gasteiger partial charge in [0.1, 0.15) is 24.2 Å². The second-order valence-corrected chi connectivity index (χ2v) is 12.4. The van der Waals surface area contributed by atoms with E-state index in [0.717, 1.165) is 11.3 Å². The van der Waals surface area contributed by atoms with Crippen molar-refractivity contribution in [2.45, 2.75) is 52.0 Å². The molecule has 45 heavy (non-hydrogen) atoms. The van der Waals surface area contributed by atoms with Gasteiger partial charge in [-0.15, -0.1) is 22.9 Å². The number of rotatable bonds is 13. The van der Waals surface area contributed by atoms with E-state index in [2.05, 4.69) is 20.8 Å². The molecule has 1 fully saturated rings. The normalized spacial score (nSPS) is 16.7. The number of oxime groups is 1. The number of alkyl halides is 1. The second-order valence-electron chi connectivity index (χ2n) is 10.0. The van der Waals surface area contributed by atoms with Crippen LogP contribution >= 0.6 is 22.9 Å². The zero-order valence-electron chi connectivity index (χ0n) is 24.5. The number of ether oxygens (including phenoxy) is 1. The minimum absolute atomic E-state index is 0. The van der Waals surface area contributed by atoms with Gasteiger partial charge in [-0.2, -0.15) is 0 Å². The van der Waals surface area contributed by atoms with E-state index in [0.29, 0.717) is 5.56 Å². The smallest absolute Gasteiger partial charge is 0.731 e. The number of nitrogens with one attached hydrogen (secondary N) is 2. The second kappa shape index (κ2) is 15.4. The van der Waals surface area contributed by atoms with E-state index in [4.69, 9.17) is 21.2 Å². The summed E-state index contributed by atoms with van der Waals surface area (Å²) in [5.41, 5.74) is -2.24. The van der Waals surface area contributed by atoms with E-state index in [-0.39, 0.29) is 62.9 Å². The van der Waals surface area contributed by atoms with Gasteiger partial charge >= 0.3 is 35.5 Å². The van der Waals surface area contributed by atoms with Crippen LogP contribution in [0.3, 0.4) is 0 Å². The summed E-state index contributed by atoms with van der Waals surface area (Å²) in [5.74, 6) is -4.70. The first-order valence-corrected chi connectivity index (χ1v) is 15.3. The maximum absolute atomic E-state index is 13.3. The molecule has 0 spiro atoms. The number of amides is 3. The number of anilines is 1. The Bertz CT molecular complexity index is 1600. The molecule has 0 aliphatic carbocycles. The van der Waals surface area contributed by atoms with Gasteiger partial charge in [0.25, 0.3) is 17.5 Å². The van der Waals surface area contributed by atoms with Crippen LogP contribution in [0.15, 0.2) is 34.8 Å². The van der Waals surface area contributed by atoms with Crippen LogP contribution in [0.5, 0.6) is 0 Å². The van der Waals surface area contributed by atoms with Crippen molar-refractivity contribution in [1.29, 1.82) is 0 Å². The molecule has 0 bridgehead atoms. The Balaban J connectivity index is 0.00000705. The Labute approximate surface area is 288 Å². The number of carbonyl (C=O) groups is 4. The minimum Gasteiger partial charge on any atom is -0.731 e. The van der Waals surface area contributed by atoms with Crippen molar-refractivity contribution in [3.05, 3.63) is 51.0 Å². The first kappa shape index (κ1) is 38.0. The van der Waals surface area contributed by atoms with Crippen LogP contribution in [0.25, 0.3) is 0 Å². The average Bonchev–Trinajstić information content (AvgIpc) is 3.39. The number of carbonyl (C=O) groups excluding carboxylic acids is 4. The Hall–Kier alpha value is -3.20. The Morgan fingerprint density at radius 1 is 1.24 bits per heavy atom. The SMILES string of the molecule is CC(C)C1C(NC(=O)C(=NOC(C)(C)C(=O)OCc2ccc([N+](=O)[O-])cc2)c2csc(NC(=O)CCl)n2)C(=O)N1S(=O)(=O)[O-].[Na+]. The molecule has 2 heterocycles. The molecule has 2 N–H and O–H groups in total. The van der Waals surface area contributed by atoms with E-state index in [1.54, 1.807) is 13.8 Å². The van der Waals surface area contributed by atoms with Gasteiger partial charge in [0.2, 0.25) is 11.5 Å². The van der Waals surface area contributed by atoms with Crippen LogP contribution in [0, 0.1) is 16.0 Å². The van der Waals surface area contributed by atoms with Crippen LogP contribution in [0.1, 0.15) is 39.0 Å². The molecule has 1 aromatic heterocycles. The molecule has 2 atom stereocenters. The van der Waals surface area contributed by atoms with E-state index < -0.39 is 68.2 Å². The standard InChI is InChI=1S/C24H27ClN6O11S2.Na/c1-12(2)19-18(21(34)30(19)44(38,39)40)28-20(33)17(15-11-43-23(26-15)27-16(32)9-25)29-42-24(3,4)22(35)41-10-13-5-7-14(8-6-13)31(36)37;/h5-8,11-12,18-19H,9-10H2,1-4H3,(H,28,33)(H,26,27,32)(H,38,39,40);/q;+1/p-1. The van der Waals surface area contributed by atoms with Crippen LogP contribution in [-0.4, -0.2) is 80.2 Å². The topological polar surface area (TPSA) is 240 Å². The Kier molecular flexibility index (Phi) is 13.0. The number of β-lactam (4-membered cyclic amide) rings is 1. The van der Waals surface area contributed by atoms with Crippen LogP contribution in [0.4, 0.5) is 10.8 Å². The molecule has 1 aromatic carbocycles. The monoisotopic (exact) mass is 696 g/mol. The fourth-order valence-electron chi connectivity index (χ4n) is 3.79. The largest absolute Gasteiger partial charge is 1.00 e.